The number of carbonyl (C=O) groups is 2. The Kier molecular flexibility index (Phi) is 15.7. The van der Waals surface area contributed by atoms with Crippen molar-refractivity contribution >= 4 is 11.8 Å². The van der Waals surface area contributed by atoms with E-state index in [0.29, 0.717) is 5.56 Å². The van der Waals surface area contributed by atoms with Crippen molar-refractivity contribution in [2.24, 2.45) is 0 Å². The van der Waals surface area contributed by atoms with Crippen LogP contribution >= 0.6 is 0 Å². The predicted octanol–water partition coefficient (Wildman–Crippen LogP) is 1.64. The number of hydrogen-bond acceptors (Lipinski definition) is 3. The fraction of sp³-hybridized carbons (Fsp3) is 0.545. The van der Waals surface area contributed by atoms with Crippen LogP contribution in [0.25, 0.3) is 0 Å². The van der Waals surface area contributed by atoms with E-state index in [2.05, 4.69) is 6.92 Å². The third kappa shape index (κ3) is 11.7. The minimum atomic E-state index is -1.35. The third-order valence-corrected chi connectivity index (χ3v) is 4.45. The van der Waals surface area contributed by atoms with Crippen LogP contribution in [0, 0.1) is 0 Å². The largest absolute Gasteiger partial charge is 1.00 e. The number of aliphatic carboxylic acids is 1. The summed E-state index contributed by atoms with van der Waals surface area (Å²) in [6.45, 7) is 2.24. The van der Waals surface area contributed by atoms with Gasteiger partial charge in [-0.2, -0.15) is 0 Å². The van der Waals surface area contributed by atoms with Crippen LogP contribution in [0.1, 0.15) is 87.1 Å². The summed E-state index contributed by atoms with van der Waals surface area (Å²) < 4.78 is 0. The maximum atomic E-state index is 12.1. The van der Waals surface area contributed by atoms with Crippen LogP contribution < -0.4 is 34.7 Å². The van der Waals surface area contributed by atoms with Crippen LogP contribution in [0.4, 0.5) is 0 Å². The van der Waals surface area contributed by atoms with Gasteiger partial charge in [0.1, 0.15) is 0 Å². The van der Waals surface area contributed by atoms with E-state index in [0.717, 1.165) is 30.6 Å². The number of rotatable bonds is 14. The first-order chi connectivity index (χ1) is 12.1. The van der Waals surface area contributed by atoms with Gasteiger partial charge < -0.3 is 9.90 Å². The Bertz CT molecular complexity index is 552. The van der Waals surface area contributed by atoms with Gasteiger partial charge in [-0.3, -0.25) is 4.79 Å². The topological polar surface area (TPSA) is 57.2 Å². The van der Waals surface area contributed by atoms with Crippen LogP contribution in [0.3, 0.4) is 0 Å². The van der Waals surface area contributed by atoms with Crippen molar-refractivity contribution in [3.05, 3.63) is 47.5 Å². The van der Waals surface area contributed by atoms with Crippen LogP contribution in [-0.4, -0.2) is 11.8 Å². The van der Waals surface area contributed by atoms with Gasteiger partial charge in [-0.1, -0.05) is 89.0 Å². The van der Waals surface area contributed by atoms with Gasteiger partial charge in [-0.15, -0.1) is 0 Å². The Morgan fingerprint density at radius 1 is 0.846 bits per heavy atom. The molecule has 0 unspecified atom stereocenters. The van der Waals surface area contributed by atoms with Gasteiger partial charge in [0.15, 0.2) is 5.78 Å². The van der Waals surface area contributed by atoms with Crippen molar-refractivity contribution in [3.63, 3.8) is 0 Å². The minimum absolute atomic E-state index is 0. The van der Waals surface area contributed by atoms with Gasteiger partial charge in [0.05, 0.1) is 5.97 Å². The first kappa shape index (κ1) is 25.1. The van der Waals surface area contributed by atoms with Crippen LogP contribution in [-0.2, 0) is 11.2 Å². The number of hydrogen-bond donors (Lipinski definition) is 0. The van der Waals surface area contributed by atoms with Crippen LogP contribution in [0.2, 0.25) is 0 Å². The minimum Gasteiger partial charge on any atom is -0.545 e. The number of carboxylic acid groups (broad SMARTS) is 1. The monoisotopic (exact) mass is 366 g/mol. The molecule has 0 radical (unpaired) electrons. The number of ketones is 1. The summed E-state index contributed by atoms with van der Waals surface area (Å²) in [5, 5.41) is 10.4. The second-order valence-electron chi connectivity index (χ2n) is 6.61. The molecule has 0 bridgehead atoms. The van der Waals surface area contributed by atoms with Gasteiger partial charge in [0.25, 0.3) is 0 Å². The molecule has 0 amide bonds. The predicted molar refractivity (Wildman–Crippen MR) is 100 cm³/mol. The summed E-state index contributed by atoms with van der Waals surface area (Å²) in [7, 11) is 0. The summed E-state index contributed by atoms with van der Waals surface area (Å²) >= 11 is 0. The SMILES string of the molecule is CCCCCCCCCCCCc1ccccc1C(=O)C=CC(=O)[O-].[Na+]. The van der Waals surface area contributed by atoms with Crippen molar-refractivity contribution in [2.45, 2.75) is 77.6 Å². The molecular weight excluding hydrogens is 335 g/mol. The Labute approximate surface area is 180 Å². The fourth-order valence-corrected chi connectivity index (χ4v) is 3.02. The van der Waals surface area contributed by atoms with Gasteiger partial charge in [-0.05, 0) is 30.6 Å². The van der Waals surface area contributed by atoms with Crippen LogP contribution in [0.15, 0.2) is 36.4 Å². The normalized spacial score (nSPS) is 10.7. The zero-order valence-electron chi connectivity index (χ0n) is 16.5. The summed E-state index contributed by atoms with van der Waals surface area (Å²) in [6.07, 6.45) is 15.6. The van der Waals surface area contributed by atoms with Gasteiger partial charge in [0, 0.05) is 5.56 Å². The zero-order valence-corrected chi connectivity index (χ0v) is 18.5. The fourth-order valence-electron chi connectivity index (χ4n) is 3.02. The smallest absolute Gasteiger partial charge is 0.545 e. The van der Waals surface area contributed by atoms with Crippen LogP contribution in [0.5, 0.6) is 0 Å². The number of carboxylic acids is 1. The summed E-state index contributed by atoms with van der Waals surface area (Å²) in [5.74, 6) is -1.62. The molecule has 0 aliphatic carbocycles. The molecule has 0 aliphatic heterocycles. The van der Waals surface area contributed by atoms with Crippen molar-refractivity contribution in [2.75, 3.05) is 0 Å². The number of aryl methyl sites for hydroxylation is 1. The zero-order chi connectivity index (χ0) is 18.3. The molecule has 26 heavy (non-hydrogen) atoms. The average Bonchev–Trinajstić information content (AvgIpc) is 2.61. The Morgan fingerprint density at radius 3 is 1.96 bits per heavy atom. The first-order valence-corrected chi connectivity index (χ1v) is 9.66. The Balaban J connectivity index is 0.00000625. The molecule has 0 aromatic heterocycles. The molecule has 138 valence electrons. The molecule has 0 aliphatic rings. The molecule has 0 saturated carbocycles. The molecule has 3 nitrogen and oxygen atoms in total. The second kappa shape index (κ2) is 16.3. The number of allylic oxidation sites excluding steroid dienone is 1. The molecule has 0 spiro atoms. The second-order valence-corrected chi connectivity index (χ2v) is 6.61. The third-order valence-electron chi connectivity index (χ3n) is 4.45. The summed E-state index contributed by atoms with van der Waals surface area (Å²) in [6, 6.07) is 7.44. The van der Waals surface area contributed by atoms with E-state index in [1.165, 1.54) is 57.8 Å². The van der Waals surface area contributed by atoms with Gasteiger partial charge in [-0.25, -0.2) is 0 Å². The Morgan fingerprint density at radius 2 is 1.38 bits per heavy atom. The van der Waals surface area contributed by atoms with Gasteiger partial charge >= 0.3 is 29.6 Å². The Hall–Kier alpha value is -0.900. The quantitative estimate of drug-likeness (QED) is 0.218. The number of benzene rings is 1. The molecule has 1 rings (SSSR count). The molecule has 0 saturated heterocycles. The van der Waals surface area contributed by atoms with E-state index in [-0.39, 0.29) is 35.3 Å². The number of unbranched alkanes of at least 4 members (excludes halogenated alkanes) is 9. The van der Waals surface area contributed by atoms with E-state index in [4.69, 9.17) is 0 Å². The molecule has 0 atom stereocenters. The molecule has 0 fully saturated rings. The van der Waals surface area contributed by atoms with E-state index in [1.807, 2.05) is 18.2 Å². The molecule has 0 N–H and O–H groups in total. The molecular formula is C22H31NaO3. The maximum Gasteiger partial charge on any atom is 1.00 e. The van der Waals surface area contributed by atoms with Gasteiger partial charge in [0.2, 0.25) is 0 Å². The first-order valence-electron chi connectivity index (χ1n) is 9.66. The van der Waals surface area contributed by atoms with Crippen molar-refractivity contribution < 1.29 is 44.3 Å². The van der Waals surface area contributed by atoms with E-state index in [1.54, 1.807) is 6.07 Å². The van der Waals surface area contributed by atoms with E-state index in [9.17, 15) is 14.7 Å². The summed E-state index contributed by atoms with van der Waals surface area (Å²) in [4.78, 5) is 22.5. The standard InChI is InChI=1S/C22H32O3.Na/c1-2-3-4-5-6-7-8-9-10-11-14-19-15-12-13-16-20(19)21(23)17-18-22(24)25;/h12-13,15-18H,2-11,14H2,1H3,(H,24,25);/q;+1/p-1. The van der Waals surface area contributed by atoms with Crippen molar-refractivity contribution in [3.8, 4) is 0 Å². The maximum absolute atomic E-state index is 12.1. The average molecular weight is 366 g/mol. The van der Waals surface area contributed by atoms with E-state index < -0.39 is 5.97 Å². The summed E-state index contributed by atoms with van der Waals surface area (Å²) in [5.41, 5.74) is 1.59. The number of carbonyl (C=O) groups excluding carboxylic acids is 2. The molecule has 4 heteroatoms. The molecule has 1 aromatic rings. The molecule has 1 aromatic carbocycles. The molecule has 0 heterocycles. The van der Waals surface area contributed by atoms with Crippen molar-refractivity contribution in [1.29, 1.82) is 0 Å². The van der Waals surface area contributed by atoms with Crippen molar-refractivity contribution in [1.82, 2.24) is 0 Å². The van der Waals surface area contributed by atoms with E-state index >= 15 is 0 Å².